The Morgan fingerprint density at radius 3 is 3.40 bits per heavy atom. The van der Waals surface area contributed by atoms with Gasteiger partial charge in [0.1, 0.15) is 11.7 Å². The first-order chi connectivity index (χ1) is 4.86. The molecule has 2 aromatic heterocycles. The van der Waals surface area contributed by atoms with Crippen LogP contribution >= 0.6 is 0 Å². The number of aromatic amines is 1. The minimum atomic E-state index is -0.435. The predicted molar refractivity (Wildman–Crippen MR) is 34.6 cm³/mol. The highest BCUT2D eigenvalue weighted by Gasteiger charge is 1.95. The number of H-pyrrole nitrogens is 1. The molecule has 0 unspecified atom stereocenters. The van der Waals surface area contributed by atoms with Crippen molar-refractivity contribution in [1.82, 2.24) is 9.97 Å². The summed E-state index contributed by atoms with van der Waals surface area (Å²) in [6, 6.07) is 1.73. The highest BCUT2D eigenvalue weighted by atomic mass is 16.4. The van der Waals surface area contributed by atoms with Gasteiger partial charge in [-0.25, -0.2) is 9.78 Å². The summed E-state index contributed by atoms with van der Waals surface area (Å²) >= 11 is 0. The second-order valence-electron chi connectivity index (χ2n) is 1.87. The summed E-state index contributed by atoms with van der Waals surface area (Å²) in [5.74, 6) is 0. The third kappa shape index (κ3) is 0.621. The zero-order valence-electron chi connectivity index (χ0n) is 5.00. The molecule has 0 saturated carbocycles. The lowest BCUT2D eigenvalue weighted by Gasteiger charge is -1.82. The van der Waals surface area contributed by atoms with Crippen molar-refractivity contribution in [3.63, 3.8) is 0 Å². The average molecular weight is 136 g/mol. The van der Waals surface area contributed by atoms with Crippen LogP contribution in [-0.2, 0) is 0 Å². The molecule has 0 atom stereocenters. The number of fused-ring (bicyclic) bond motifs is 1. The summed E-state index contributed by atoms with van der Waals surface area (Å²) in [5.41, 5.74) is 0.655. The SMILES string of the molecule is O=c1cnc2cc[nH]c2o1. The summed E-state index contributed by atoms with van der Waals surface area (Å²) in [6.07, 6.45) is 2.82. The van der Waals surface area contributed by atoms with Crippen LogP contribution in [0.2, 0.25) is 0 Å². The van der Waals surface area contributed by atoms with E-state index in [1.54, 1.807) is 12.3 Å². The lowest BCUT2D eigenvalue weighted by Crippen LogP contribution is -1.96. The standard InChI is InChI=1S/C6H4N2O2/c9-5-3-8-4-1-2-7-6(4)10-5/h1-3,7H. The molecule has 2 heterocycles. The zero-order chi connectivity index (χ0) is 6.97. The molecule has 2 aromatic rings. The van der Waals surface area contributed by atoms with Gasteiger partial charge in [0, 0.05) is 6.20 Å². The molecule has 0 radical (unpaired) electrons. The van der Waals surface area contributed by atoms with Crippen molar-refractivity contribution < 1.29 is 4.42 Å². The van der Waals surface area contributed by atoms with Gasteiger partial charge in [0.05, 0.1) is 0 Å². The highest BCUT2D eigenvalue weighted by Crippen LogP contribution is 2.02. The van der Waals surface area contributed by atoms with Crippen molar-refractivity contribution in [3.05, 3.63) is 28.9 Å². The van der Waals surface area contributed by atoms with Gasteiger partial charge in [-0.1, -0.05) is 0 Å². The number of rotatable bonds is 0. The van der Waals surface area contributed by atoms with E-state index < -0.39 is 5.63 Å². The largest absolute Gasteiger partial charge is 0.403 e. The van der Waals surface area contributed by atoms with E-state index >= 15 is 0 Å². The first-order valence-electron chi connectivity index (χ1n) is 2.79. The Kier molecular flexibility index (Phi) is 0.887. The average Bonchev–Trinajstić information content (AvgIpc) is 2.33. The Balaban J connectivity index is 2.99. The van der Waals surface area contributed by atoms with Crippen molar-refractivity contribution in [1.29, 1.82) is 0 Å². The van der Waals surface area contributed by atoms with Crippen LogP contribution in [-0.4, -0.2) is 9.97 Å². The minimum Gasteiger partial charge on any atom is -0.403 e. The molecule has 2 rings (SSSR count). The van der Waals surface area contributed by atoms with Crippen LogP contribution in [0.4, 0.5) is 0 Å². The van der Waals surface area contributed by atoms with Crippen LogP contribution in [0, 0.1) is 0 Å². The van der Waals surface area contributed by atoms with Gasteiger partial charge in [-0.2, -0.15) is 0 Å². The lowest BCUT2D eigenvalue weighted by molar-refractivity contribution is 0.545. The van der Waals surface area contributed by atoms with E-state index in [4.69, 9.17) is 4.42 Å². The fraction of sp³-hybridized carbons (Fsp3) is 0. The minimum absolute atomic E-state index is 0.424. The van der Waals surface area contributed by atoms with Crippen LogP contribution in [0.15, 0.2) is 27.7 Å². The Bertz CT molecular complexity index is 401. The molecule has 0 aromatic carbocycles. The number of hydrogen-bond acceptors (Lipinski definition) is 3. The smallest absolute Gasteiger partial charge is 0.356 e. The summed E-state index contributed by atoms with van der Waals surface area (Å²) in [7, 11) is 0. The third-order valence-electron chi connectivity index (χ3n) is 1.20. The van der Waals surface area contributed by atoms with E-state index in [9.17, 15) is 4.79 Å². The molecule has 0 saturated heterocycles. The lowest BCUT2D eigenvalue weighted by atomic mass is 10.6. The van der Waals surface area contributed by atoms with Gasteiger partial charge in [0.2, 0.25) is 5.71 Å². The first-order valence-corrected chi connectivity index (χ1v) is 2.79. The summed E-state index contributed by atoms with van der Waals surface area (Å²) in [5, 5.41) is 0. The van der Waals surface area contributed by atoms with Gasteiger partial charge >= 0.3 is 5.63 Å². The van der Waals surface area contributed by atoms with Crippen molar-refractivity contribution >= 4 is 11.2 Å². The van der Waals surface area contributed by atoms with Crippen LogP contribution < -0.4 is 5.63 Å². The van der Waals surface area contributed by atoms with E-state index in [1.807, 2.05) is 0 Å². The van der Waals surface area contributed by atoms with Crippen molar-refractivity contribution in [2.45, 2.75) is 0 Å². The predicted octanol–water partition coefficient (Wildman–Crippen LogP) is 0.516. The normalized spacial score (nSPS) is 10.4. The fourth-order valence-corrected chi connectivity index (χ4v) is 0.779. The molecule has 1 N–H and O–H groups in total. The molecule has 4 heteroatoms. The van der Waals surface area contributed by atoms with Gasteiger partial charge in [-0.15, -0.1) is 0 Å². The maximum absolute atomic E-state index is 10.5. The van der Waals surface area contributed by atoms with E-state index in [-0.39, 0.29) is 0 Å². The molecular formula is C6H4N2O2. The fourth-order valence-electron chi connectivity index (χ4n) is 0.779. The monoisotopic (exact) mass is 136 g/mol. The van der Waals surface area contributed by atoms with Crippen LogP contribution in [0.1, 0.15) is 0 Å². The van der Waals surface area contributed by atoms with Gasteiger partial charge in [0.25, 0.3) is 0 Å². The molecule has 4 nitrogen and oxygen atoms in total. The molecule has 0 spiro atoms. The second kappa shape index (κ2) is 1.70. The number of aromatic nitrogens is 2. The molecule has 0 amide bonds. The Hall–Kier alpha value is -1.58. The van der Waals surface area contributed by atoms with Crippen LogP contribution in [0.5, 0.6) is 0 Å². The summed E-state index contributed by atoms with van der Waals surface area (Å²) < 4.78 is 4.73. The quantitative estimate of drug-likeness (QED) is 0.574. The number of hydrogen-bond donors (Lipinski definition) is 1. The topological polar surface area (TPSA) is 58.9 Å². The summed E-state index contributed by atoms with van der Waals surface area (Å²) in [6.45, 7) is 0. The zero-order valence-corrected chi connectivity index (χ0v) is 5.00. The van der Waals surface area contributed by atoms with Crippen molar-refractivity contribution in [2.75, 3.05) is 0 Å². The Morgan fingerprint density at radius 1 is 1.60 bits per heavy atom. The molecule has 0 aliphatic carbocycles. The number of nitrogens with one attached hydrogen (secondary N) is 1. The molecular weight excluding hydrogens is 132 g/mol. The van der Waals surface area contributed by atoms with Gasteiger partial charge in [-0.05, 0) is 6.07 Å². The van der Waals surface area contributed by atoms with Crippen LogP contribution in [0.25, 0.3) is 11.2 Å². The maximum Gasteiger partial charge on any atom is 0.356 e. The summed E-state index contributed by atoms with van der Waals surface area (Å²) in [4.78, 5) is 17.1. The van der Waals surface area contributed by atoms with Gasteiger partial charge in [-0.3, -0.25) is 0 Å². The van der Waals surface area contributed by atoms with Crippen molar-refractivity contribution in [3.8, 4) is 0 Å². The van der Waals surface area contributed by atoms with Gasteiger partial charge in [0.15, 0.2) is 0 Å². The van der Waals surface area contributed by atoms with Crippen LogP contribution in [0.3, 0.4) is 0 Å². The van der Waals surface area contributed by atoms with E-state index in [0.717, 1.165) is 6.20 Å². The third-order valence-corrected chi connectivity index (χ3v) is 1.20. The molecule has 10 heavy (non-hydrogen) atoms. The Labute approximate surface area is 55.5 Å². The molecule has 0 bridgehead atoms. The second-order valence-corrected chi connectivity index (χ2v) is 1.87. The molecule has 0 aliphatic rings. The number of nitrogens with zero attached hydrogens (tertiary/aromatic N) is 1. The van der Waals surface area contributed by atoms with E-state index in [0.29, 0.717) is 11.2 Å². The van der Waals surface area contributed by atoms with Gasteiger partial charge < -0.3 is 9.40 Å². The molecule has 0 aliphatic heterocycles. The van der Waals surface area contributed by atoms with Crippen molar-refractivity contribution in [2.24, 2.45) is 0 Å². The Morgan fingerprint density at radius 2 is 2.50 bits per heavy atom. The first kappa shape index (κ1) is 5.22. The van der Waals surface area contributed by atoms with E-state index in [2.05, 4.69) is 9.97 Å². The highest BCUT2D eigenvalue weighted by molar-refractivity contribution is 5.66. The molecule has 50 valence electrons. The molecule has 0 fully saturated rings. The van der Waals surface area contributed by atoms with E-state index in [1.165, 1.54) is 0 Å². The maximum atomic E-state index is 10.5.